The first-order valence-corrected chi connectivity index (χ1v) is 7.32. The van der Waals surface area contributed by atoms with Crippen LogP contribution in [0.4, 0.5) is 13.2 Å². The van der Waals surface area contributed by atoms with Gasteiger partial charge in [0, 0.05) is 0 Å². The summed E-state index contributed by atoms with van der Waals surface area (Å²) in [5, 5.41) is 2.34. The number of carbonyl (C=O) groups excluding carboxylic acids is 2. The molecule has 23 heavy (non-hydrogen) atoms. The minimum absolute atomic E-state index is 0.192. The predicted molar refractivity (Wildman–Crippen MR) is 78.8 cm³/mol. The minimum atomic E-state index is -4.65. The molecule has 0 saturated heterocycles. The lowest BCUT2D eigenvalue weighted by molar-refractivity contribution is -0.147. The number of hydrogen-bond donors (Lipinski definition) is 1. The summed E-state index contributed by atoms with van der Waals surface area (Å²) in [6, 6.07) is 3.44. The molecule has 4 nitrogen and oxygen atoms in total. The van der Waals surface area contributed by atoms with Gasteiger partial charge in [-0.05, 0) is 24.5 Å². The Labute approximate surface area is 133 Å². The third-order valence-electron chi connectivity index (χ3n) is 3.13. The summed E-state index contributed by atoms with van der Waals surface area (Å²) in [5.41, 5.74) is -1.56. The highest BCUT2D eigenvalue weighted by Gasteiger charge is 2.36. The molecule has 0 aliphatic rings. The van der Waals surface area contributed by atoms with Gasteiger partial charge in [-0.3, -0.25) is 4.79 Å². The van der Waals surface area contributed by atoms with Crippen molar-refractivity contribution in [3.05, 3.63) is 35.4 Å². The van der Waals surface area contributed by atoms with Crippen LogP contribution >= 0.6 is 0 Å². The maximum absolute atomic E-state index is 13.0. The van der Waals surface area contributed by atoms with Crippen LogP contribution in [0.1, 0.15) is 43.1 Å². The summed E-state index contributed by atoms with van der Waals surface area (Å²) < 4.78 is 43.8. The molecule has 1 N–H and O–H groups in total. The summed E-state index contributed by atoms with van der Waals surface area (Å²) in [6.07, 6.45) is -4.04. The van der Waals surface area contributed by atoms with E-state index in [-0.39, 0.29) is 12.5 Å². The summed E-state index contributed by atoms with van der Waals surface area (Å²) in [7, 11) is 0. The van der Waals surface area contributed by atoms with Crippen LogP contribution in [-0.2, 0) is 15.7 Å². The first-order chi connectivity index (χ1) is 10.7. The molecular weight excluding hydrogens is 311 g/mol. The van der Waals surface area contributed by atoms with E-state index in [0.717, 1.165) is 12.1 Å². The number of carbonyl (C=O) groups is 2. The first kappa shape index (κ1) is 19.0. The maximum atomic E-state index is 13.0. The van der Waals surface area contributed by atoms with Crippen molar-refractivity contribution in [1.82, 2.24) is 5.32 Å². The summed E-state index contributed by atoms with van der Waals surface area (Å²) in [4.78, 5) is 24.1. The molecular formula is C16H20F3NO3. The zero-order chi connectivity index (χ0) is 17.6. The lowest BCUT2D eigenvalue weighted by Crippen LogP contribution is -2.45. The quantitative estimate of drug-likeness (QED) is 0.813. The Morgan fingerprint density at radius 3 is 2.35 bits per heavy atom. The summed E-state index contributed by atoms with van der Waals surface area (Å²) in [5.74, 6) is -1.92. The van der Waals surface area contributed by atoms with E-state index < -0.39 is 35.2 Å². The van der Waals surface area contributed by atoms with Crippen molar-refractivity contribution in [2.24, 2.45) is 5.92 Å². The van der Waals surface area contributed by atoms with E-state index in [0.29, 0.717) is 6.42 Å². The van der Waals surface area contributed by atoms with E-state index in [1.807, 2.05) is 6.92 Å². The molecule has 0 aromatic heterocycles. The van der Waals surface area contributed by atoms with Crippen LogP contribution < -0.4 is 5.32 Å². The van der Waals surface area contributed by atoms with E-state index in [1.54, 1.807) is 13.8 Å². The predicted octanol–water partition coefficient (Wildman–Crippen LogP) is 3.41. The van der Waals surface area contributed by atoms with E-state index in [9.17, 15) is 22.8 Å². The number of rotatable bonds is 6. The number of halogens is 3. The van der Waals surface area contributed by atoms with Crippen molar-refractivity contribution in [1.29, 1.82) is 0 Å². The lowest BCUT2D eigenvalue weighted by atomic mass is 10.0. The van der Waals surface area contributed by atoms with E-state index >= 15 is 0 Å². The fourth-order valence-corrected chi connectivity index (χ4v) is 1.94. The highest BCUT2D eigenvalue weighted by Crippen LogP contribution is 2.31. The number of amides is 1. The third-order valence-corrected chi connectivity index (χ3v) is 3.13. The van der Waals surface area contributed by atoms with Crippen molar-refractivity contribution in [2.75, 3.05) is 6.61 Å². The molecule has 1 aromatic rings. The van der Waals surface area contributed by atoms with Crippen LogP contribution in [0.25, 0.3) is 0 Å². The van der Waals surface area contributed by atoms with Crippen molar-refractivity contribution >= 4 is 11.9 Å². The van der Waals surface area contributed by atoms with Gasteiger partial charge in [-0.1, -0.05) is 32.9 Å². The number of hydrogen-bond acceptors (Lipinski definition) is 3. The average molecular weight is 331 g/mol. The number of benzene rings is 1. The zero-order valence-electron chi connectivity index (χ0n) is 13.2. The molecule has 0 heterocycles. The standard InChI is InChI=1S/C16H20F3NO3/c1-4-9-23-15(22)13(10(2)3)20-14(21)11-7-5-6-8-12(11)16(17,18)19/h5-8,10,13H,4,9H2,1-3H3,(H,20,21). The van der Waals surface area contributed by atoms with Gasteiger partial charge in [0.2, 0.25) is 0 Å². The third kappa shape index (κ3) is 5.26. The van der Waals surface area contributed by atoms with Crippen molar-refractivity contribution in [3.8, 4) is 0 Å². The van der Waals surface area contributed by atoms with Crippen molar-refractivity contribution < 1.29 is 27.5 Å². The lowest BCUT2D eigenvalue weighted by Gasteiger charge is -2.21. The second kappa shape index (κ2) is 7.99. The molecule has 7 heteroatoms. The highest BCUT2D eigenvalue weighted by molar-refractivity contribution is 5.98. The topological polar surface area (TPSA) is 55.4 Å². The Morgan fingerprint density at radius 1 is 1.22 bits per heavy atom. The van der Waals surface area contributed by atoms with Gasteiger partial charge in [0.1, 0.15) is 6.04 Å². The zero-order valence-corrected chi connectivity index (χ0v) is 13.2. The SMILES string of the molecule is CCCOC(=O)C(NC(=O)c1ccccc1C(F)(F)F)C(C)C. The molecule has 1 rings (SSSR count). The van der Waals surface area contributed by atoms with Gasteiger partial charge in [0.15, 0.2) is 0 Å². The van der Waals surface area contributed by atoms with E-state index in [4.69, 9.17) is 4.74 Å². The summed E-state index contributed by atoms with van der Waals surface area (Å²) >= 11 is 0. The fraction of sp³-hybridized carbons (Fsp3) is 0.500. The van der Waals surface area contributed by atoms with Gasteiger partial charge >= 0.3 is 12.1 Å². The van der Waals surface area contributed by atoms with Crippen LogP contribution in [0.2, 0.25) is 0 Å². The largest absolute Gasteiger partial charge is 0.464 e. The number of nitrogens with one attached hydrogen (secondary N) is 1. The molecule has 1 unspecified atom stereocenters. The molecule has 0 fully saturated rings. The second-order valence-electron chi connectivity index (χ2n) is 5.41. The van der Waals surface area contributed by atoms with Crippen molar-refractivity contribution in [2.45, 2.75) is 39.4 Å². The molecule has 0 saturated carbocycles. The number of alkyl halides is 3. The number of esters is 1. The molecule has 0 spiro atoms. The van der Waals surface area contributed by atoms with Crippen LogP contribution in [0.15, 0.2) is 24.3 Å². The molecule has 0 aliphatic heterocycles. The highest BCUT2D eigenvalue weighted by atomic mass is 19.4. The van der Waals surface area contributed by atoms with Crippen LogP contribution in [0.3, 0.4) is 0 Å². The fourth-order valence-electron chi connectivity index (χ4n) is 1.94. The smallest absolute Gasteiger partial charge is 0.417 e. The normalized spacial score (nSPS) is 12.8. The number of ether oxygens (including phenoxy) is 1. The molecule has 0 radical (unpaired) electrons. The van der Waals surface area contributed by atoms with Crippen molar-refractivity contribution in [3.63, 3.8) is 0 Å². The minimum Gasteiger partial charge on any atom is -0.464 e. The molecule has 1 aromatic carbocycles. The van der Waals surface area contributed by atoms with Crippen LogP contribution in [0, 0.1) is 5.92 Å². The van der Waals surface area contributed by atoms with Gasteiger partial charge in [-0.2, -0.15) is 13.2 Å². The van der Waals surface area contributed by atoms with E-state index in [2.05, 4.69) is 5.32 Å². The second-order valence-corrected chi connectivity index (χ2v) is 5.41. The molecule has 0 bridgehead atoms. The van der Waals surface area contributed by atoms with Gasteiger partial charge < -0.3 is 10.1 Å². The van der Waals surface area contributed by atoms with Gasteiger partial charge in [0.25, 0.3) is 5.91 Å². The Hall–Kier alpha value is -2.05. The van der Waals surface area contributed by atoms with Gasteiger partial charge in [0.05, 0.1) is 17.7 Å². The Bertz CT molecular complexity index is 556. The van der Waals surface area contributed by atoms with Crippen LogP contribution in [-0.4, -0.2) is 24.5 Å². The van der Waals surface area contributed by atoms with Crippen LogP contribution in [0.5, 0.6) is 0 Å². The maximum Gasteiger partial charge on any atom is 0.417 e. The molecule has 0 aliphatic carbocycles. The Balaban J connectivity index is 2.99. The Morgan fingerprint density at radius 2 is 1.83 bits per heavy atom. The first-order valence-electron chi connectivity index (χ1n) is 7.32. The average Bonchev–Trinajstić information content (AvgIpc) is 2.48. The summed E-state index contributed by atoms with van der Waals surface area (Å²) in [6.45, 7) is 5.36. The molecule has 1 amide bonds. The molecule has 128 valence electrons. The molecule has 1 atom stereocenters. The monoisotopic (exact) mass is 331 g/mol. The van der Waals surface area contributed by atoms with Gasteiger partial charge in [-0.25, -0.2) is 4.79 Å². The van der Waals surface area contributed by atoms with E-state index in [1.165, 1.54) is 12.1 Å². The Kier molecular flexibility index (Phi) is 6.60. The van der Waals surface area contributed by atoms with Gasteiger partial charge in [-0.15, -0.1) is 0 Å².